The molecule has 5 rings (SSSR count). The molecule has 1 N–H and O–H groups in total. The number of benzene rings is 2. The van der Waals surface area contributed by atoms with Crippen molar-refractivity contribution in [3.63, 3.8) is 0 Å². The molecule has 1 spiro atoms. The van der Waals surface area contributed by atoms with Crippen molar-refractivity contribution in [2.24, 2.45) is 11.8 Å². The normalized spacial score (nSPS) is 24.7. The molecule has 10 heteroatoms. The number of carbonyl (C=O) groups excluding carboxylic acids is 4. The molecule has 7 atom stereocenters. The molecular formula is C40H51N3O7. The summed E-state index contributed by atoms with van der Waals surface area (Å²) in [7, 11) is 1.70. The van der Waals surface area contributed by atoms with Crippen molar-refractivity contribution in [1.29, 1.82) is 0 Å². The first-order valence-corrected chi connectivity index (χ1v) is 17.7. The first-order chi connectivity index (χ1) is 24.0. The van der Waals surface area contributed by atoms with E-state index in [1.807, 2.05) is 69.3 Å². The van der Waals surface area contributed by atoms with E-state index in [0.717, 1.165) is 22.4 Å². The lowest BCUT2D eigenvalue weighted by atomic mass is 9.70. The van der Waals surface area contributed by atoms with Crippen LogP contribution in [0.5, 0.6) is 0 Å². The second kappa shape index (κ2) is 15.7. The molecule has 0 radical (unpaired) electrons. The Morgan fingerprint density at radius 2 is 1.86 bits per heavy atom. The number of nitrogens with zero attached hydrogens (tertiary/aromatic N) is 3. The number of esters is 1. The number of likely N-dealkylation sites (tertiary alicyclic amines) is 1. The number of anilines is 1. The van der Waals surface area contributed by atoms with E-state index in [1.54, 1.807) is 33.9 Å². The molecule has 10 nitrogen and oxygen atoms in total. The summed E-state index contributed by atoms with van der Waals surface area (Å²) in [6.45, 7) is 13.8. The Labute approximate surface area is 295 Å². The standard InChI is InChI=1S/C40H51N3O7/c1-7-9-17-32(45)41(6)28(5)35(29-15-11-10-12-16-29)49-39(48)33-31-20-21-40(50-31)34(33)37(46)43(23-13-14-24-44)36(40)38(47)42(22-8-2)30-25-26(3)18-19-27(30)4/h7-8,10-12,15-16,18-19,25,28,31,33-36,44H,1-2,9,13-14,17,20-24H2,3-6H3/t28-,31-,33+,34+,35+,36-,40+/m1/s1. The van der Waals surface area contributed by atoms with Crippen LogP contribution in [0.2, 0.25) is 0 Å². The van der Waals surface area contributed by atoms with Gasteiger partial charge in [0.05, 0.1) is 24.0 Å². The van der Waals surface area contributed by atoms with Crippen molar-refractivity contribution < 1.29 is 33.8 Å². The number of aliphatic hydroxyl groups excluding tert-OH is 1. The molecule has 2 aromatic carbocycles. The molecule has 3 fully saturated rings. The van der Waals surface area contributed by atoms with Crippen LogP contribution < -0.4 is 4.90 Å². The number of aliphatic hydroxyl groups is 1. The molecule has 3 saturated heterocycles. The minimum atomic E-state index is -1.22. The van der Waals surface area contributed by atoms with Crippen LogP contribution in [-0.4, -0.2) is 89.1 Å². The smallest absolute Gasteiger partial charge is 0.313 e. The summed E-state index contributed by atoms with van der Waals surface area (Å²) in [6.07, 6.45) is 4.64. The molecule has 0 aliphatic carbocycles. The Balaban J connectivity index is 1.50. The first kappa shape index (κ1) is 37.0. The van der Waals surface area contributed by atoms with Crippen LogP contribution in [0.3, 0.4) is 0 Å². The maximum absolute atomic E-state index is 14.9. The van der Waals surface area contributed by atoms with Gasteiger partial charge in [0.25, 0.3) is 5.91 Å². The number of carbonyl (C=O) groups is 4. The highest BCUT2D eigenvalue weighted by Gasteiger charge is 2.75. The van der Waals surface area contributed by atoms with Gasteiger partial charge in [-0.3, -0.25) is 19.2 Å². The number of ether oxygens (including phenoxy) is 2. The zero-order chi connectivity index (χ0) is 36.2. The van der Waals surface area contributed by atoms with E-state index in [1.165, 1.54) is 0 Å². The molecule has 268 valence electrons. The van der Waals surface area contributed by atoms with Crippen LogP contribution in [0.1, 0.15) is 68.2 Å². The highest BCUT2D eigenvalue weighted by Crippen LogP contribution is 2.59. The van der Waals surface area contributed by atoms with Gasteiger partial charge in [-0.2, -0.15) is 0 Å². The fourth-order valence-corrected chi connectivity index (χ4v) is 8.05. The van der Waals surface area contributed by atoms with Gasteiger partial charge in [-0.25, -0.2) is 0 Å². The molecule has 3 aliphatic rings. The van der Waals surface area contributed by atoms with Crippen LogP contribution in [0, 0.1) is 25.7 Å². The summed E-state index contributed by atoms with van der Waals surface area (Å²) in [5.74, 6) is -3.13. The Morgan fingerprint density at radius 1 is 1.12 bits per heavy atom. The van der Waals surface area contributed by atoms with Gasteiger partial charge in [-0.1, -0.05) is 54.6 Å². The predicted molar refractivity (Wildman–Crippen MR) is 191 cm³/mol. The highest BCUT2D eigenvalue weighted by atomic mass is 16.6. The van der Waals surface area contributed by atoms with Crippen LogP contribution in [0.4, 0.5) is 5.69 Å². The summed E-state index contributed by atoms with van der Waals surface area (Å²) in [4.78, 5) is 61.7. The number of allylic oxidation sites excluding steroid dienone is 1. The van der Waals surface area contributed by atoms with Gasteiger partial charge < -0.3 is 29.3 Å². The van der Waals surface area contributed by atoms with Gasteiger partial charge in [0, 0.05) is 38.9 Å². The Bertz CT molecular complexity index is 1590. The predicted octanol–water partition coefficient (Wildman–Crippen LogP) is 5.07. The average molecular weight is 686 g/mol. The van der Waals surface area contributed by atoms with E-state index >= 15 is 0 Å². The lowest BCUT2D eigenvalue weighted by molar-refractivity contribution is -0.164. The van der Waals surface area contributed by atoms with Gasteiger partial charge in [-0.05, 0) is 75.6 Å². The quantitative estimate of drug-likeness (QED) is 0.149. The second-order valence-corrected chi connectivity index (χ2v) is 13.9. The maximum Gasteiger partial charge on any atom is 0.313 e. The molecule has 3 heterocycles. The summed E-state index contributed by atoms with van der Waals surface area (Å²) >= 11 is 0. The van der Waals surface area contributed by atoms with Crippen molar-refractivity contribution >= 4 is 29.4 Å². The maximum atomic E-state index is 14.9. The molecule has 0 aromatic heterocycles. The molecular weight excluding hydrogens is 634 g/mol. The van der Waals surface area contributed by atoms with Crippen molar-refractivity contribution in [2.45, 2.75) is 89.2 Å². The largest absolute Gasteiger partial charge is 0.455 e. The number of likely N-dealkylation sites (N-methyl/N-ethyl adjacent to an activating group) is 1. The van der Waals surface area contributed by atoms with Gasteiger partial charge in [0.15, 0.2) is 0 Å². The number of fused-ring (bicyclic) bond motifs is 1. The highest BCUT2D eigenvalue weighted by molar-refractivity contribution is 6.05. The topological polar surface area (TPSA) is 117 Å². The Hall–Kier alpha value is -4.28. The zero-order valence-corrected chi connectivity index (χ0v) is 29.8. The third-order valence-electron chi connectivity index (χ3n) is 10.7. The van der Waals surface area contributed by atoms with Gasteiger partial charge in [0.1, 0.15) is 17.7 Å². The number of aryl methyl sites for hydroxylation is 2. The molecule has 2 aromatic rings. The van der Waals surface area contributed by atoms with E-state index in [-0.39, 0.29) is 43.8 Å². The number of hydrogen-bond acceptors (Lipinski definition) is 7. The molecule has 3 aliphatic heterocycles. The molecule has 3 amide bonds. The van der Waals surface area contributed by atoms with Gasteiger partial charge >= 0.3 is 5.97 Å². The van der Waals surface area contributed by atoms with Crippen molar-refractivity contribution in [3.05, 3.63) is 90.5 Å². The third-order valence-corrected chi connectivity index (χ3v) is 10.7. The second-order valence-electron chi connectivity index (χ2n) is 13.9. The number of hydrogen-bond donors (Lipinski definition) is 1. The first-order valence-electron chi connectivity index (χ1n) is 17.7. The van der Waals surface area contributed by atoms with E-state index in [4.69, 9.17) is 9.47 Å². The number of amides is 3. The Kier molecular flexibility index (Phi) is 11.6. The number of rotatable bonds is 16. The number of unbranched alkanes of at least 4 members (excludes halogenated alkanes) is 1. The average Bonchev–Trinajstić information content (AvgIpc) is 3.76. The molecule has 0 unspecified atom stereocenters. The SMILES string of the molecule is C=CCCC(=O)N(C)[C@H](C)[C@H](OC(=O)[C@@H]1[C@H]2C(=O)N(CCCCO)[C@H](C(=O)N(CC=C)c3cc(C)ccc3C)[C@]23CC[C@H]1O3)c1ccccc1. The Morgan fingerprint density at radius 3 is 2.54 bits per heavy atom. The molecule has 2 bridgehead atoms. The fraction of sp³-hybridized carbons (Fsp3) is 0.500. The van der Waals surface area contributed by atoms with Gasteiger partial charge in [0.2, 0.25) is 11.8 Å². The molecule has 50 heavy (non-hydrogen) atoms. The summed E-state index contributed by atoms with van der Waals surface area (Å²) in [6, 6.07) is 13.7. The minimum Gasteiger partial charge on any atom is -0.455 e. The minimum absolute atomic E-state index is 0.0442. The van der Waals surface area contributed by atoms with Crippen LogP contribution in [-0.2, 0) is 28.7 Å². The molecule has 0 saturated carbocycles. The van der Waals surface area contributed by atoms with E-state index in [9.17, 15) is 24.3 Å². The van der Waals surface area contributed by atoms with Crippen LogP contribution in [0.15, 0.2) is 73.8 Å². The van der Waals surface area contributed by atoms with Crippen LogP contribution in [0.25, 0.3) is 0 Å². The van der Waals surface area contributed by atoms with Crippen molar-refractivity contribution in [1.82, 2.24) is 9.80 Å². The summed E-state index contributed by atoms with van der Waals surface area (Å²) in [5, 5.41) is 9.56. The van der Waals surface area contributed by atoms with E-state index in [2.05, 4.69) is 13.2 Å². The van der Waals surface area contributed by atoms with E-state index in [0.29, 0.717) is 32.1 Å². The van der Waals surface area contributed by atoms with Gasteiger partial charge in [-0.15, -0.1) is 13.2 Å². The third kappa shape index (κ3) is 6.88. The monoisotopic (exact) mass is 685 g/mol. The lowest BCUT2D eigenvalue weighted by Crippen LogP contribution is -2.56. The van der Waals surface area contributed by atoms with E-state index < -0.39 is 47.7 Å². The summed E-state index contributed by atoms with van der Waals surface area (Å²) in [5.41, 5.74) is 2.13. The fourth-order valence-electron chi connectivity index (χ4n) is 8.05. The summed E-state index contributed by atoms with van der Waals surface area (Å²) < 4.78 is 13.0. The lowest BCUT2D eigenvalue weighted by Gasteiger charge is -2.37. The van der Waals surface area contributed by atoms with Crippen molar-refractivity contribution in [3.8, 4) is 0 Å². The zero-order valence-electron chi connectivity index (χ0n) is 29.8. The van der Waals surface area contributed by atoms with Crippen molar-refractivity contribution in [2.75, 3.05) is 31.6 Å². The van der Waals surface area contributed by atoms with Crippen LogP contribution >= 0.6 is 0 Å².